The Morgan fingerprint density at radius 1 is 1.50 bits per heavy atom. The Morgan fingerprint density at radius 2 is 2.10 bits per heavy atom. The average molecular weight is 312 g/mol. The molecule has 0 unspecified atom stereocenters. The molecule has 0 saturated heterocycles. The van der Waals surface area contributed by atoms with E-state index in [4.69, 9.17) is 5.73 Å². The summed E-state index contributed by atoms with van der Waals surface area (Å²) >= 11 is 5.62. The second-order valence-electron chi connectivity index (χ2n) is 2.12. The smallest absolute Gasteiger partial charge is 0.0469 e. The molecule has 0 aliphatic carbocycles. The van der Waals surface area contributed by atoms with Crippen LogP contribution in [0.5, 0.6) is 0 Å². The molecule has 10 heavy (non-hydrogen) atoms. The van der Waals surface area contributed by atoms with Gasteiger partial charge in [-0.25, -0.2) is 0 Å². The number of rotatable bonds is 0. The number of anilines is 1. The van der Waals surface area contributed by atoms with Gasteiger partial charge in [0.15, 0.2) is 0 Å². The second-order valence-corrected chi connectivity index (χ2v) is 4.14. The maximum Gasteiger partial charge on any atom is 0.0469 e. The van der Waals surface area contributed by atoms with Crippen LogP contribution in [0, 0.1) is 10.5 Å². The lowest BCUT2D eigenvalue weighted by Crippen LogP contribution is -1.89. The first-order valence-corrected chi connectivity index (χ1v) is 4.69. The molecule has 0 amide bonds. The van der Waals surface area contributed by atoms with Crippen LogP contribution >= 0.6 is 38.5 Å². The summed E-state index contributed by atoms with van der Waals surface area (Å²) in [5, 5.41) is 0. The zero-order chi connectivity index (χ0) is 7.72. The van der Waals surface area contributed by atoms with Crippen molar-refractivity contribution in [1.82, 2.24) is 0 Å². The van der Waals surface area contributed by atoms with Gasteiger partial charge < -0.3 is 5.73 Å². The zero-order valence-electron chi connectivity index (χ0n) is 5.49. The van der Waals surface area contributed by atoms with Crippen molar-refractivity contribution in [2.24, 2.45) is 0 Å². The molecule has 54 valence electrons. The molecule has 1 aromatic carbocycles. The molecular weight excluding hydrogens is 305 g/mol. The summed E-state index contributed by atoms with van der Waals surface area (Å²) in [5.41, 5.74) is 7.69. The van der Waals surface area contributed by atoms with Crippen molar-refractivity contribution in [3.8, 4) is 0 Å². The van der Waals surface area contributed by atoms with Crippen molar-refractivity contribution in [3.05, 3.63) is 25.7 Å². The maximum atomic E-state index is 5.64. The minimum Gasteiger partial charge on any atom is -0.398 e. The van der Waals surface area contributed by atoms with Crippen molar-refractivity contribution in [2.45, 2.75) is 6.92 Å². The van der Waals surface area contributed by atoms with Crippen LogP contribution in [0.15, 0.2) is 16.6 Å². The fourth-order valence-electron chi connectivity index (χ4n) is 0.662. The quantitative estimate of drug-likeness (QED) is 0.578. The first-order chi connectivity index (χ1) is 4.61. The van der Waals surface area contributed by atoms with E-state index in [0.717, 1.165) is 10.2 Å². The van der Waals surface area contributed by atoms with Crippen LogP contribution in [0.3, 0.4) is 0 Å². The molecule has 0 aromatic heterocycles. The lowest BCUT2D eigenvalue weighted by atomic mass is 10.2. The van der Waals surface area contributed by atoms with Gasteiger partial charge in [0.1, 0.15) is 0 Å². The third kappa shape index (κ3) is 1.63. The minimum absolute atomic E-state index is 0.801. The van der Waals surface area contributed by atoms with Gasteiger partial charge in [-0.15, -0.1) is 0 Å². The van der Waals surface area contributed by atoms with Crippen molar-refractivity contribution in [2.75, 3.05) is 5.73 Å². The molecule has 0 spiro atoms. The van der Waals surface area contributed by atoms with Gasteiger partial charge in [0, 0.05) is 13.7 Å². The Balaban J connectivity index is 3.28. The predicted octanol–water partition coefficient (Wildman–Crippen LogP) is 2.94. The molecule has 0 bridgehead atoms. The van der Waals surface area contributed by atoms with Crippen LogP contribution in [-0.4, -0.2) is 0 Å². The summed E-state index contributed by atoms with van der Waals surface area (Å²) in [4.78, 5) is 0. The first-order valence-electron chi connectivity index (χ1n) is 2.82. The van der Waals surface area contributed by atoms with E-state index in [2.05, 4.69) is 45.4 Å². The average Bonchev–Trinajstić information content (AvgIpc) is 1.84. The minimum atomic E-state index is 0.801. The second kappa shape index (κ2) is 3.09. The molecule has 0 fully saturated rings. The highest BCUT2D eigenvalue weighted by atomic mass is 127. The predicted molar refractivity (Wildman–Crippen MR) is 56.0 cm³/mol. The van der Waals surface area contributed by atoms with E-state index >= 15 is 0 Å². The Morgan fingerprint density at radius 3 is 2.60 bits per heavy atom. The van der Waals surface area contributed by atoms with Crippen molar-refractivity contribution < 1.29 is 0 Å². The normalized spacial score (nSPS) is 9.90. The van der Waals surface area contributed by atoms with Gasteiger partial charge in [-0.3, -0.25) is 0 Å². The highest BCUT2D eigenvalue weighted by Crippen LogP contribution is 2.24. The highest BCUT2D eigenvalue weighted by Gasteiger charge is 1.98. The molecule has 0 aliphatic heterocycles. The molecule has 0 radical (unpaired) electrons. The van der Waals surface area contributed by atoms with E-state index in [-0.39, 0.29) is 0 Å². The summed E-state index contributed by atoms with van der Waals surface area (Å²) in [6.07, 6.45) is 0. The standard InChI is InChI=1S/C7H7BrIN/c1-4-2-5(8)7(10)3-6(4)9/h2-3H,10H2,1H3. The van der Waals surface area contributed by atoms with Gasteiger partial charge in [0.05, 0.1) is 0 Å². The van der Waals surface area contributed by atoms with Gasteiger partial charge in [-0.2, -0.15) is 0 Å². The lowest BCUT2D eigenvalue weighted by molar-refractivity contribution is 1.41. The molecule has 1 nitrogen and oxygen atoms in total. The molecule has 3 heteroatoms. The molecule has 1 aromatic rings. The first kappa shape index (κ1) is 8.33. The van der Waals surface area contributed by atoms with Crippen molar-refractivity contribution in [1.29, 1.82) is 0 Å². The van der Waals surface area contributed by atoms with Crippen LogP contribution in [-0.2, 0) is 0 Å². The Bertz CT molecular complexity index is 210. The summed E-state index contributed by atoms with van der Waals surface area (Å²) in [6, 6.07) is 3.98. The van der Waals surface area contributed by atoms with E-state index in [1.807, 2.05) is 12.1 Å². The van der Waals surface area contributed by atoms with Gasteiger partial charge in [0.25, 0.3) is 0 Å². The van der Waals surface area contributed by atoms with Crippen LogP contribution < -0.4 is 5.73 Å². The summed E-state index contributed by atoms with van der Waals surface area (Å²) in [6.45, 7) is 2.06. The van der Waals surface area contributed by atoms with E-state index in [0.29, 0.717) is 0 Å². The summed E-state index contributed by atoms with van der Waals surface area (Å²) in [7, 11) is 0. The van der Waals surface area contributed by atoms with Gasteiger partial charge >= 0.3 is 0 Å². The van der Waals surface area contributed by atoms with Crippen LogP contribution in [0.2, 0.25) is 0 Å². The van der Waals surface area contributed by atoms with Gasteiger partial charge in [-0.1, -0.05) is 0 Å². The molecule has 0 saturated carbocycles. The maximum absolute atomic E-state index is 5.64. The Hall–Kier alpha value is 0.230. The topological polar surface area (TPSA) is 26.0 Å². The van der Waals surface area contributed by atoms with Crippen molar-refractivity contribution >= 4 is 44.2 Å². The van der Waals surface area contributed by atoms with E-state index in [1.165, 1.54) is 9.13 Å². The number of hydrogen-bond acceptors (Lipinski definition) is 1. The van der Waals surface area contributed by atoms with E-state index in [1.54, 1.807) is 0 Å². The third-order valence-corrected chi connectivity index (χ3v) is 3.13. The molecular formula is C7H7BrIN. The van der Waals surface area contributed by atoms with Crippen LogP contribution in [0.1, 0.15) is 5.56 Å². The fourth-order valence-corrected chi connectivity index (χ4v) is 1.61. The summed E-state index contributed by atoms with van der Waals surface area (Å²) in [5.74, 6) is 0. The number of benzene rings is 1. The Labute approximate surface area is 82.3 Å². The van der Waals surface area contributed by atoms with E-state index in [9.17, 15) is 0 Å². The molecule has 0 heterocycles. The van der Waals surface area contributed by atoms with Gasteiger partial charge in [-0.05, 0) is 63.1 Å². The molecule has 1 rings (SSSR count). The number of aryl methyl sites for hydroxylation is 1. The summed E-state index contributed by atoms with van der Waals surface area (Å²) < 4.78 is 2.18. The SMILES string of the molecule is Cc1cc(Br)c(N)cc1I. The number of nitrogens with two attached hydrogens (primary N) is 1. The van der Waals surface area contributed by atoms with Gasteiger partial charge in [0.2, 0.25) is 0 Å². The largest absolute Gasteiger partial charge is 0.398 e. The van der Waals surface area contributed by atoms with Crippen molar-refractivity contribution in [3.63, 3.8) is 0 Å². The monoisotopic (exact) mass is 311 g/mol. The zero-order valence-corrected chi connectivity index (χ0v) is 9.23. The number of nitrogen functional groups attached to an aromatic ring is 1. The lowest BCUT2D eigenvalue weighted by Gasteiger charge is -2.01. The fraction of sp³-hybridized carbons (Fsp3) is 0.143. The number of halogens is 2. The molecule has 0 aliphatic rings. The third-order valence-electron chi connectivity index (χ3n) is 1.28. The number of hydrogen-bond donors (Lipinski definition) is 1. The van der Waals surface area contributed by atoms with Crippen LogP contribution in [0.4, 0.5) is 5.69 Å². The Kier molecular flexibility index (Phi) is 2.57. The molecule has 0 atom stereocenters. The highest BCUT2D eigenvalue weighted by molar-refractivity contribution is 14.1. The molecule has 2 N–H and O–H groups in total. The van der Waals surface area contributed by atoms with E-state index < -0.39 is 0 Å². The van der Waals surface area contributed by atoms with Crippen LogP contribution in [0.25, 0.3) is 0 Å².